The minimum Gasteiger partial charge on any atom is -0.480 e. The molecule has 2 aromatic carbocycles. The molecule has 2 rings (SSSR count). The molecule has 0 bridgehead atoms. The molecule has 0 heterocycles. The van der Waals surface area contributed by atoms with Gasteiger partial charge in [0.2, 0.25) is 10.0 Å². The molecular weight excluding hydrogens is 416 g/mol. The summed E-state index contributed by atoms with van der Waals surface area (Å²) in [6.07, 6.45) is 0. The molecule has 0 unspecified atom stereocenters. The van der Waals surface area contributed by atoms with Gasteiger partial charge in [-0.3, -0.25) is 14.9 Å². The highest BCUT2D eigenvalue weighted by Crippen LogP contribution is 2.21. The van der Waals surface area contributed by atoms with Gasteiger partial charge in [-0.15, -0.1) is 0 Å². The van der Waals surface area contributed by atoms with Crippen LogP contribution < -0.4 is 0 Å². The van der Waals surface area contributed by atoms with Crippen molar-refractivity contribution in [1.29, 1.82) is 0 Å². The molecule has 0 saturated carbocycles. The van der Waals surface area contributed by atoms with E-state index in [9.17, 15) is 23.3 Å². The highest BCUT2D eigenvalue weighted by molar-refractivity contribution is 9.10. The Morgan fingerprint density at radius 2 is 1.68 bits per heavy atom. The van der Waals surface area contributed by atoms with Crippen LogP contribution in [0.15, 0.2) is 57.9 Å². The van der Waals surface area contributed by atoms with E-state index in [4.69, 9.17) is 5.11 Å². The number of non-ortho nitro benzene ring substituents is 1. The number of sulfonamides is 1. The maximum Gasteiger partial charge on any atom is 0.318 e. The van der Waals surface area contributed by atoms with Crippen LogP contribution in [0, 0.1) is 10.1 Å². The summed E-state index contributed by atoms with van der Waals surface area (Å²) in [4.78, 5) is 21.1. The molecule has 0 aliphatic rings. The van der Waals surface area contributed by atoms with Gasteiger partial charge in [-0.1, -0.05) is 28.1 Å². The summed E-state index contributed by atoms with van der Waals surface area (Å²) in [6, 6.07) is 11.1. The van der Waals surface area contributed by atoms with Crippen LogP contribution in [-0.4, -0.2) is 35.3 Å². The number of rotatable bonds is 7. The molecule has 0 spiro atoms. The SMILES string of the molecule is O=C(O)CN(Cc1ccc([N+](=O)[O-])cc1)S(=O)(=O)c1ccc(Br)cc1. The first-order valence-electron chi connectivity index (χ1n) is 6.91. The van der Waals surface area contributed by atoms with E-state index in [1.54, 1.807) is 0 Å². The number of halogens is 1. The lowest BCUT2D eigenvalue weighted by atomic mass is 10.2. The monoisotopic (exact) mass is 428 g/mol. The van der Waals surface area contributed by atoms with Crippen molar-refractivity contribution >= 4 is 37.6 Å². The molecule has 0 aliphatic carbocycles. The summed E-state index contributed by atoms with van der Waals surface area (Å²) >= 11 is 3.20. The second kappa shape index (κ2) is 7.72. The first-order chi connectivity index (χ1) is 11.7. The van der Waals surface area contributed by atoms with E-state index >= 15 is 0 Å². The van der Waals surface area contributed by atoms with E-state index in [2.05, 4.69) is 15.9 Å². The van der Waals surface area contributed by atoms with Crippen molar-refractivity contribution in [3.63, 3.8) is 0 Å². The highest BCUT2D eigenvalue weighted by atomic mass is 79.9. The Kier molecular flexibility index (Phi) is 5.88. The van der Waals surface area contributed by atoms with Crippen molar-refractivity contribution in [3.8, 4) is 0 Å². The molecule has 2 aromatic rings. The predicted molar refractivity (Wildman–Crippen MR) is 92.5 cm³/mol. The van der Waals surface area contributed by atoms with Crippen molar-refractivity contribution in [2.24, 2.45) is 0 Å². The van der Waals surface area contributed by atoms with Crippen LogP contribution in [0.5, 0.6) is 0 Å². The van der Waals surface area contributed by atoms with Gasteiger partial charge in [0.05, 0.1) is 9.82 Å². The summed E-state index contributed by atoms with van der Waals surface area (Å²) in [5.74, 6) is -1.30. The van der Waals surface area contributed by atoms with E-state index in [1.165, 1.54) is 48.5 Å². The summed E-state index contributed by atoms with van der Waals surface area (Å²) in [6.45, 7) is -0.946. The lowest BCUT2D eigenvalue weighted by Gasteiger charge is -2.20. The number of hydrogen-bond acceptors (Lipinski definition) is 5. The Bertz CT molecular complexity index is 881. The van der Waals surface area contributed by atoms with Gasteiger partial charge in [0.15, 0.2) is 0 Å². The molecule has 0 radical (unpaired) electrons. The minimum absolute atomic E-state index is 0.0427. The third-order valence-electron chi connectivity index (χ3n) is 3.27. The number of carboxylic acid groups (broad SMARTS) is 1. The Labute approximate surface area is 152 Å². The first-order valence-corrected chi connectivity index (χ1v) is 9.14. The molecular formula is C15H13BrN2O6S. The Balaban J connectivity index is 2.33. The number of carbonyl (C=O) groups is 1. The van der Waals surface area contributed by atoms with Crippen LogP contribution in [0.3, 0.4) is 0 Å². The molecule has 0 fully saturated rings. The number of hydrogen-bond donors (Lipinski definition) is 1. The van der Waals surface area contributed by atoms with Crippen molar-refractivity contribution in [2.75, 3.05) is 6.54 Å². The fraction of sp³-hybridized carbons (Fsp3) is 0.133. The second-order valence-corrected chi connectivity index (χ2v) is 7.90. The smallest absolute Gasteiger partial charge is 0.318 e. The zero-order valence-electron chi connectivity index (χ0n) is 12.7. The normalized spacial score (nSPS) is 11.4. The molecule has 25 heavy (non-hydrogen) atoms. The van der Waals surface area contributed by atoms with E-state index < -0.39 is 27.5 Å². The fourth-order valence-electron chi connectivity index (χ4n) is 2.06. The van der Waals surface area contributed by atoms with Gasteiger partial charge < -0.3 is 5.11 Å². The molecule has 0 aromatic heterocycles. The molecule has 0 atom stereocenters. The first kappa shape index (κ1) is 19.0. The maximum atomic E-state index is 12.7. The molecule has 1 N–H and O–H groups in total. The Morgan fingerprint density at radius 3 is 2.16 bits per heavy atom. The summed E-state index contributed by atoms with van der Waals surface area (Å²) in [5.41, 5.74) is 0.303. The lowest BCUT2D eigenvalue weighted by Crippen LogP contribution is -2.35. The van der Waals surface area contributed by atoms with Gasteiger partial charge in [0.25, 0.3) is 5.69 Å². The standard InChI is InChI=1S/C15H13BrN2O6S/c16-12-3-7-14(8-4-12)25(23,24)17(10-15(19)20)9-11-1-5-13(6-2-11)18(21)22/h1-8H,9-10H2,(H,19,20). The molecule has 0 amide bonds. The van der Waals surface area contributed by atoms with Gasteiger partial charge >= 0.3 is 5.97 Å². The summed E-state index contributed by atoms with van der Waals surface area (Å²) < 4.78 is 26.9. The van der Waals surface area contributed by atoms with Gasteiger partial charge in [0, 0.05) is 23.2 Å². The summed E-state index contributed by atoms with van der Waals surface area (Å²) in [5, 5.41) is 19.7. The van der Waals surface area contributed by atoms with Gasteiger partial charge in [-0.05, 0) is 29.8 Å². The third kappa shape index (κ3) is 4.84. The number of carboxylic acids is 1. The Morgan fingerprint density at radius 1 is 1.12 bits per heavy atom. The topological polar surface area (TPSA) is 118 Å². The van der Waals surface area contributed by atoms with Crippen LogP contribution in [0.2, 0.25) is 0 Å². The number of nitro groups is 1. The predicted octanol–water partition coefficient (Wildman–Crippen LogP) is 2.63. The minimum atomic E-state index is -4.04. The van der Waals surface area contributed by atoms with Crippen molar-refractivity contribution in [2.45, 2.75) is 11.4 Å². The molecule has 132 valence electrons. The largest absolute Gasteiger partial charge is 0.480 e. The van der Waals surface area contributed by atoms with Gasteiger partial charge in [0.1, 0.15) is 6.54 Å². The molecule has 0 aliphatic heterocycles. The number of nitro benzene ring substituents is 1. The van der Waals surface area contributed by atoms with Crippen molar-refractivity contribution in [3.05, 3.63) is 68.7 Å². The molecule has 8 nitrogen and oxygen atoms in total. The highest BCUT2D eigenvalue weighted by Gasteiger charge is 2.27. The average molecular weight is 429 g/mol. The zero-order valence-corrected chi connectivity index (χ0v) is 15.1. The summed E-state index contributed by atoms with van der Waals surface area (Å²) in [7, 11) is -4.04. The number of nitrogens with zero attached hydrogens (tertiary/aromatic N) is 2. The third-order valence-corrected chi connectivity index (χ3v) is 5.60. The Hall–Kier alpha value is -2.30. The second-order valence-electron chi connectivity index (χ2n) is 5.04. The maximum absolute atomic E-state index is 12.7. The van der Waals surface area contributed by atoms with Crippen LogP contribution >= 0.6 is 15.9 Å². The van der Waals surface area contributed by atoms with E-state index in [0.717, 1.165) is 4.31 Å². The fourth-order valence-corrected chi connectivity index (χ4v) is 3.70. The molecule has 0 saturated heterocycles. The van der Waals surface area contributed by atoms with Crippen LogP contribution in [-0.2, 0) is 21.4 Å². The number of benzene rings is 2. The molecule has 10 heteroatoms. The average Bonchev–Trinajstić information content (AvgIpc) is 2.54. The van der Waals surface area contributed by atoms with Crippen LogP contribution in [0.25, 0.3) is 0 Å². The van der Waals surface area contributed by atoms with Gasteiger partial charge in [-0.2, -0.15) is 4.31 Å². The van der Waals surface area contributed by atoms with Crippen molar-refractivity contribution < 1.29 is 23.2 Å². The zero-order chi connectivity index (χ0) is 18.6. The van der Waals surface area contributed by atoms with Crippen LogP contribution in [0.4, 0.5) is 5.69 Å². The van der Waals surface area contributed by atoms with Crippen LogP contribution in [0.1, 0.15) is 5.56 Å². The van der Waals surface area contributed by atoms with E-state index in [0.29, 0.717) is 10.0 Å². The van der Waals surface area contributed by atoms with E-state index in [-0.39, 0.29) is 17.1 Å². The lowest BCUT2D eigenvalue weighted by molar-refractivity contribution is -0.384. The van der Waals surface area contributed by atoms with Gasteiger partial charge in [-0.25, -0.2) is 8.42 Å². The quantitative estimate of drug-likeness (QED) is 0.534. The number of aliphatic carboxylic acids is 1. The van der Waals surface area contributed by atoms with E-state index in [1.807, 2.05) is 0 Å². The van der Waals surface area contributed by atoms with Crippen molar-refractivity contribution in [1.82, 2.24) is 4.31 Å².